The minimum absolute atomic E-state index is 0.552. The van der Waals surface area contributed by atoms with Crippen molar-refractivity contribution in [3.63, 3.8) is 0 Å². The largest absolute Gasteiger partial charge is 0.303 e. The summed E-state index contributed by atoms with van der Waals surface area (Å²) in [5, 5.41) is 0. The molecule has 0 saturated heterocycles. The standard InChI is InChI=1S/C8H12O/c9-7-6-8-4-2-1-3-5-8/h2,4,7-8H,1,3,5-6H2/t8-/m1/s1. The van der Waals surface area contributed by atoms with Gasteiger partial charge in [0.25, 0.3) is 0 Å². The van der Waals surface area contributed by atoms with Crippen LogP contribution in [-0.2, 0) is 4.79 Å². The summed E-state index contributed by atoms with van der Waals surface area (Å²) in [4.78, 5) is 10.0. The van der Waals surface area contributed by atoms with Crippen LogP contribution in [0.2, 0.25) is 0 Å². The van der Waals surface area contributed by atoms with Crippen LogP contribution in [0.5, 0.6) is 0 Å². The summed E-state index contributed by atoms with van der Waals surface area (Å²) in [6.45, 7) is 0. The Bertz CT molecular complexity index is 116. The number of hydrogen-bond acceptors (Lipinski definition) is 1. The maximum absolute atomic E-state index is 10.0. The summed E-state index contributed by atoms with van der Waals surface area (Å²) < 4.78 is 0. The molecule has 0 aliphatic heterocycles. The molecule has 0 radical (unpaired) electrons. The van der Waals surface area contributed by atoms with E-state index in [1.165, 1.54) is 19.3 Å². The van der Waals surface area contributed by atoms with Gasteiger partial charge in [0.1, 0.15) is 6.29 Å². The highest BCUT2D eigenvalue weighted by molar-refractivity contribution is 5.50. The smallest absolute Gasteiger partial charge is 0.120 e. The van der Waals surface area contributed by atoms with Crippen LogP contribution >= 0.6 is 0 Å². The van der Waals surface area contributed by atoms with E-state index in [9.17, 15) is 4.79 Å². The van der Waals surface area contributed by atoms with Crippen molar-refractivity contribution in [2.24, 2.45) is 5.92 Å². The molecular weight excluding hydrogens is 112 g/mol. The Kier molecular flexibility index (Phi) is 2.49. The quantitative estimate of drug-likeness (QED) is 0.406. The third kappa shape index (κ3) is 2.00. The Morgan fingerprint density at radius 2 is 2.56 bits per heavy atom. The highest BCUT2D eigenvalue weighted by atomic mass is 16.1. The molecule has 0 aromatic carbocycles. The van der Waals surface area contributed by atoms with Gasteiger partial charge in [-0.1, -0.05) is 12.2 Å². The summed E-state index contributed by atoms with van der Waals surface area (Å²) in [7, 11) is 0. The molecule has 0 N–H and O–H groups in total. The van der Waals surface area contributed by atoms with E-state index in [0.717, 1.165) is 12.7 Å². The predicted octanol–water partition coefficient (Wildman–Crippen LogP) is 1.93. The van der Waals surface area contributed by atoms with E-state index in [1.807, 2.05) is 0 Å². The van der Waals surface area contributed by atoms with E-state index in [0.29, 0.717) is 5.92 Å². The number of carbonyl (C=O) groups excluding carboxylic acids is 1. The summed E-state index contributed by atoms with van der Waals surface area (Å²) in [6.07, 6.45) is 9.74. The summed E-state index contributed by atoms with van der Waals surface area (Å²) in [5.74, 6) is 0.552. The molecular formula is C8H12O. The molecule has 0 amide bonds. The fourth-order valence-electron chi connectivity index (χ4n) is 1.20. The first kappa shape index (κ1) is 6.53. The Morgan fingerprint density at radius 3 is 3.11 bits per heavy atom. The summed E-state index contributed by atoms with van der Waals surface area (Å²) in [5.41, 5.74) is 0. The van der Waals surface area contributed by atoms with Crippen LogP contribution in [0.4, 0.5) is 0 Å². The maximum atomic E-state index is 10.0. The molecule has 1 atom stereocenters. The minimum atomic E-state index is 0.552. The van der Waals surface area contributed by atoms with Gasteiger partial charge in [-0.05, 0) is 25.2 Å². The molecule has 1 aliphatic rings. The van der Waals surface area contributed by atoms with Gasteiger partial charge in [0, 0.05) is 6.42 Å². The molecule has 1 aliphatic carbocycles. The fourth-order valence-corrected chi connectivity index (χ4v) is 1.20. The molecule has 1 heteroatoms. The van der Waals surface area contributed by atoms with Crippen molar-refractivity contribution in [3.8, 4) is 0 Å². The first-order valence-electron chi connectivity index (χ1n) is 3.54. The van der Waals surface area contributed by atoms with Crippen LogP contribution < -0.4 is 0 Å². The number of allylic oxidation sites excluding steroid dienone is 2. The Hall–Kier alpha value is -0.590. The lowest BCUT2D eigenvalue weighted by Gasteiger charge is -2.11. The molecule has 9 heavy (non-hydrogen) atoms. The van der Waals surface area contributed by atoms with Crippen molar-refractivity contribution < 1.29 is 4.79 Å². The SMILES string of the molecule is O=CC[C@@H]1C=CCCC1. The Morgan fingerprint density at radius 1 is 1.67 bits per heavy atom. The number of rotatable bonds is 2. The second-order valence-corrected chi connectivity index (χ2v) is 2.52. The van der Waals surface area contributed by atoms with Crippen LogP contribution in [-0.4, -0.2) is 6.29 Å². The highest BCUT2D eigenvalue weighted by Gasteiger charge is 2.05. The van der Waals surface area contributed by atoms with Crippen molar-refractivity contribution in [1.29, 1.82) is 0 Å². The average Bonchev–Trinajstić information content (AvgIpc) is 1.91. The van der Waals surface area contributed by atoms with Crippen molar-refractivity contribution in [2.75, 3.05) is 0 Å². The average molecular weight is 124 g/mol. The molecule has 0 aromatic rings. The summed E-state index contributed by atoms with van der Waals surface area (Å²) in [6, 6.07) is 0. The fraction of sp³-hybridized carbons (Fsp3) is 0.625. The van der Waals surface area contributed by atoms with Crippen molar-refractivity contribution in [2.45, 2.75) is 25.7 Å². The molecule has 0 fully saturated rings. The molecule has 0 aromatic heterocycles. The van der Waals surface area contributed by atoms with E-state index in [-0.39, 0.29) is 0 Å². The molecule has 1 nitrogen and oxygen atoms in total. The third-order valence-electron chi connectivity index (χ3n) is 1.75. The van der Waals surface area contributed by atoms with Crippen LogP contribution in [0.25, 0.3) is 0 Å². The zero-order chi connectivity index (χ0) is 6.53. The number of aldehydes is 1. The lowest BCUT2D eigenvalue weighted by atomic mass is 9.94. The first-order chi connectivity index (χ1) is 4.43. The number of hydrogen-bond donors (Lipinski definition) is 0. The van der Waals surface area contributed by atoms with E-state index < -0.39 is 0 Å². The Balaban J connectivity index is 2.31. The van der Waals surface area contributed by atoms with Gasteiger partial charge >= 0.3 is 0 Å². The van der Waals surface area contributed by atoms with E-state index >= 15 is 0 Å². The van der Waals surface area contributed by atoms with E-state index in [2.05, 4.69) is 12.2 Å². The normalized spacial score (nSPS) is 26.0. The van der Waals surface area contributed by atoms with Gasteiger partial charge in [-0.3, -0.25) is 0 Å². The van der Waals surface area contributed by atoms with Crippen LogP contribution in [0.1, 0.15) is 25.7 Å². The van der Waals surface area contributed by atoms with Gasteiger partial charge in [-0.25, -0.2) is 0 Å². The minimum Gasteiger partial charge on any atom is -0.303 e. The predicted molar refractivity (Wildman–Crippen MR) is 37.2 cm³/mol. The van der Waals surface area contributed by atoms with Crippen molar-refractivity contribution in [1.82, 2.24) is 0 Å². The Labute approximate surface area is 55.8 Å². The molecule has 0 heterocycles. The van der Waals surface area contributed by atoms with Gasteiger partial charge in [-0.2, -0.15) is 0 Å². The maximum Gasteiger partial charge on any atom is 0.120 e. The zero-order valence-corrected chi connectivity index (χ0v) is 5.55. The second-order valence-electron chi connectivity index (χ2n) is 2.52. The molecule has 50 valence electrons. The van der Waals surface area contributed by atoms with E-state index in [1.54, 1.807) is 0 Å². The van der Waals surface area contributed by atoms with Crippen LogP contribution in [0, 0.1) is 5.92 Å². The van der Waals surface area contributed by atoms with Gasteiger partial charge in [-0.15, -0.1) is 0 Å². The van der Waals surface area contributed by atoms with Crippen molar-refractivity contribution >= 4 is 6.29 Å². The monoisotopic (exact) mass is 124 g/mol. The van der Waals surface area contributed by atoms with Crippen LogP contribution in [0.3, 0.4) is 0 Å². The summed E-state index contributed by atoms with van der Waals surface area (Å²) >= 11 is 0. The molecule has 0 unspecified atom stereocenters. The second kappa shape index (κ2) is 3.44. The van der Waals surface area contributed by atoms with E-state index in [4.69, 9.17) is 0 Å². The lowest BCUT2D eigenvalue weighted by molar-refractivity contribution is -0.108. The van der Waals surface area contributed by atoms with Crippen molar-refractivity contribution in [3.05, 3.63) is 12.2 Å². The lowest BCUT2D eigenvalue weighted by Crippen LogP contribution is -2.00. The van der Waals surface area contributed by atoms with Gasteiger partial charge in [0.2, 0.25) is 0 Å². The molecule has 0 spiro atoms. The molecule has 1 rings (SSSR count). The van der Waals surface area contributed by atoms with Gasteiger partial charge < -0.3 is 4.79 Å². The molecule has 0 bridgehead atoms. The van der Waals surface area contributed by atoms with Crippen LogP contribution in [0.15, 0.2) is 12.2 Å². The number of carbonyl (C=O) groups is 1. The third-order valence-corrected chi connectivity index (χ3v) is 1.75. The molecule has 0 saturated carbocycles. The first-order valence-corrected chi connectivity index (χ1v) is 3.54. The van der Waals surface area contributed by atoms with Gasteiger partial charge in [0.05, 0.1) is 0 Å². The zero-order valence-electron chi connectivity index (χ0n) is 5.55. The topological polar surface area (TPSA) is 17.1 Å². The van der Waals surface area contributed by atoms with Gasteiger partial charge in [0.15, 0.2) is 0 Å². The highest BCUT2D eigenvalue weighted by Crippen LogP contribution is 2.18.